The van der Waals surface area contributed by atoms with Gasteiger partial charge in [0.25, 0.3) is 0 Å². The molecule has 0 bridgehead atoms. The van der Waals surface area contributed by atoms with E-state index in [0.29, 0.717) is 6.54 Å². The van der Waals surface area contributed by atoms with Gasteiger partial charge < -0.3 is 5.73 Å². The molecular formula is C12H18N2. The summed E-state index contributed by atoms with van der Waals surface area (Å²) >= 11 is 0. The van der Waals surface area contributed by atoms with Crippen molar-refractivity contribution in [1.82, 2.24) is 4.90 Å². The van der Waals surface area contributed by atoms with Crippen molar-refractivity contribution < 1.29 is 0 Å². The number of rotatable bonds is 2. The molecule has 1 aliphatic rings. The van der Waals surface area contributed by atoms with Gasteiger partial charge in [0.15, 0.2) is 0 Å². The lowest BCUT2D eigenvalue weighted by molar-refractivity contribution is 0.183. The van der Waals surface area contributed by atoms with Crippen LogP contribution in [0.25, 0.3) is 0 Å². The molecule has 2 nitrogen and oxygen atoms in total. The molecule has 1 aliphatic heterocycles. The van der Waals surface area contributed by atoms with E-state index < -0.39 is 0 Å². The van der Waals surface area contributed by atoms with E-state index >= 15 is 0 Å². The van der Waals surface area contributed by atoms with E-state index in [4.69, 9.17) is 5.73 Å². The molecule has 1 heterocycles. The number of nitrogens with zero attached hydrogens (tertiary/aromatic N) is 1. The SMILES string of the molecule is CN1CCCC1(CN)c1ccccc1. The summed E-state index contributed by atoms with van der Waals surface area (Å²) in [4.78, 5) is 2.39. The molecule has 0 aliphatic carbocycles. The molecular weight excluding hydrogens is 172 g/mol. The van der Waals surface area contributed by atoms with Gasteiger partial charge in [-0.25, -0.2) is 0 Å². The van der Waals surface area contributed by atoms with Crippen LogP contribution in [0.5, 0.6) is 0 Å². The predicted molar refractivity (Wildman–Crippen MR) is 59.0 cm³/mol. The van der Waals surface area contributed by atoms with Crippen LogP contribution in [0, 0.1) is 0 Å². The van der Waals surface area contributed by atoms with Gasteiger partial charge in [-0.3, -0.25) is 4.90 Å². The second kappa shape index (κ2) is 3.71. The molecule has 2 rings (SSSR count). The van der Waals surface area contributed by atoms with E-state index in [-0.39, 0.29) is 5.54 Å². The van der Waals surface area contributed by atoms with Crippen LogP contribution >= 0.6 is 0 Å². The van der Waals surface area contributed by atoms with Gasteiger partial charge in [0, 0.05) is 6.54 Å². The predicted octanol–water partition coefficient (Wildman–Crippen LogP) is 1.57. The van der Waals surface area contributed by atoms with Gasteiger partial charge in [-0.2, -0.15) is 0 Å². The number of hydrogen-bond donors (Lipinski definition) is 1. The van der Waals surface area contributed by atoms with Gasteiger partial charge in [0.05, 0.1) is 5.54 Å². The van der Waals surface area contributed by atoms with Crippen LogP contribution in [0.1, 0.15) is 18.4 Å². The van der Waals surface area contributed by atoms with Crippen molar-refractivity contribution in [3.05, 3.63) is 35.9 Å². The molecule has 0 saturated carbocycles. The average molecular weight is 190 g/mol. The Kier molecular flexibility index (Phi) is 2.57. The van der Waals surface area contributed by atoms with Crippen molar-refractivity contribution in [2.24, 2.45) is 5.73 Å². The van der Waals surface area contributed by atoms with Gasteiger partial charge in [0.1, 0.15) is 0 Å². The number of hydrogen-bond acceptors (Lipinski definition) is 2. The fourth-order valence-corrected chi connectivity index (χ4v) is 2.50. The highest BCUT2D eigenvalue weighted by Crippen LogP contribution is 2.36. The highest BCUT2D eigenvalue weighted by molar-refractivity contribution is 5.26. The van der Waals surface area contributed by atoms with Gasteiger partial charge in [-0.15, -0.1) is 0 Å². The van der Waals surface area contributed by atoms with E-state index in [0.717, 1.165) is 6.54 Å². The Morgan fingerprint density at radius 1 is 1.36 bits per heavy atom. The first-order chi connectivity index (χ1) is 6.79. The highest BCUT2D eigenvalue weighted by Gasteiger charge is 2.38. The van der Waals surface area contributed by atoms with E-state index in [1.807, 2.05) is 0 Å². The second-order valence-corrected chi connectivity index (χ2v) is 4.13. The molecule has 2 heteroatoms. The summed E-state index contributed by atoms with van der Waals surface area (Å²) in [6, 6.07) is 10.6. The fraction of sp³-hybridized carbons (Fsp3) is 0.500. The van der Waals surface area contributed by atoms with Gasteiger partial charge in [0.2, 0.25) is 0 Å². The van der Waals surface area contributed by atoms with E-state index in [2.05, 4.69) is 42.3 Å². The van der Waals surface area contributed by atoms with Gasteiger partial charge >= 0.3 is 0 Å². The molecule has 1 atom stereocenters. The van der Waals surface area contributed by atoms with Crippen molar-refractivity contribution in [2.75, 3.05) is 20.1 Å². The maximum Gasteiger partial charge on any atom is 0.0581 e. The molecule has 0 spiro atoms. The molecule has 1 fully saturated rings. The van der Waals surface area contributed by atoms with Gasteiger partial charge in [-0.1, -0.05) is 30.3 Å². The highest BCUT2D eigenvalue weighted by atomic mass is 15.2. The lowest BCUT2D eigenvalue weighted by Crippen LogP contribution is -2.44. The molecule has 1 saturated heterocycles. The molecule has 0 amide bonds. The van der Waals surface area contributed by atoms with Gasteiger partial charge in [-0.05, 0) is 32.0 Å². The average Bonchev–Trinajstić information content (AvgIpc) is 2.62. The van der Waals surface area contributed by atoms with E-state index in [1.54, 1.807) is 0 Å². The summed E-state index contributed by atoms with van der Waals surface area (Å²) in [7, 11) is 2.17. The van der Waals surface area contributed by atoms with Crippen molar-refractivity contribution in [1.29, 1.82) is 0 Å². The fourth-order valence-electron chi connectivity index (χ4n) is 2.50. The molecule has 1 unspecified atom stereocenters. The van der Waals surface area contributed by atoms with Crippen LogP contribution in [0.4, 0.5) is 0 Å². The Bertz CT molecular complexity index is 296. The Balaban J connectivity index is 2.38. The second-order valence-electron chi connectivity index (χ2n) is 4.13. The zero-order valence-electron chi connectivity index (χ0n) is 8.74. The third kappa shape index (κ3) is 1.35. The first kappa shape index (κ1) is 9.69. The summed E-state index contributed by atoms with van der Waals surface area (Å²) in [6.07, 6.45) is 2.44. The van der Waals surface area contributed by atoms with Crippen molar-refractivity contribution in [2.45, 2.75) is 18.4 Å². The Morgan fingerprint density at radius 2 is 2.07 bits per heavy atom. The molecule has 2 N–H and O–H groups in total. The number of likely N-dealkylation sites (tertiary alicyclic amines) is 1. The number of benzene rings is 1. The number of likely N-dealkylation sites (N-methyl/N-ethyl adjacent to an activating group) is 1. The summed E-state index contributed by atoms with van der Waals surface area (Å²) in [5.74, 6) is 0. The normalized spacial score (nSPS) is 28.1. The minimum atomic E-state index is 0.0985. The Morgan fingerprint density at radius 3 is 2.57 bits per heavy atom. The summed E-state index contributed by atoms with van der Waals surface area (Å²) in [5.41, 5.74) is 7.41. The zero-order chi connectivity index (χ0) is 10.0. The number of nitrogens with two attached hydrogens (primary N) is 1. The lowest BCUT2D eigenvalue weighted by Gasteiger charge is -2.35. The summed E-state index contributed by atoms with van der Waals surface area (Å²) < 4.78 is 0. The van der Waals surface area contributed by atoms with Crippen molar-refractivity contribution in [3.8, 4) is 0 Å². The van der Waals surface area contributed by atoms with Crippen LogP contribution < -0.4 is 5.73 Å². The molecule has 0 aromatic heterocycles. The standard InChI is InChI=1S/C12H18N2/c1-14-9-5-8-12(14,10-13)11-6-3-2-4-7-11/h2-4,6-7H,5,8-10,13H2,1H3. The quantitative estimate of drug-likeness (QED) is 0.767. The minimum absolute atomic E-state index is 0.0985. The topological polar surface area (TPSA) is 29.3 Å². The maximum atomic E-state index is 5.95. The van der Waals surface area contributed by atoms with Crippen LogP contribution in [0.2, 0.25) is 0 Å². The lowest BCUT2D eigenvalue weighted by atomic mass is 9.87. The van der Waals surface area contributed by atoms with Crippen molar-refractivity contribution in [3.63, 3.8) is 0 Å². The van der Waals surface area contributed by atoms with E-state index in [1.165, 1.54) is 18.4 Å². The summed E-state index contributed by atoms with van der Waals surface area (Å²) in [5, 5.41) is 0. The van der Waals surface area contributed by atoms with Crippen LogP contribution in [0.15, 0.2) is 30.3 Å². The van der Waals surface area contributed by atoms with Crippen molar-refractivity contribution >= 4 is 0 Å². The molecule has 76 valence electrons. The molecule has 14 heavy (non-hydrogen) atoms. The summed E-state index contributed by atoms with van der Waals surface area (Å²) in [6.45, 7) is 1.87. The van der Waals surface area contributed by atoms with Crippen LogP contribution in [-0.4, -0.2) is 25.0 Å². The first-order valence-corrected chi connectivity index (χ1v) is 5.26. The Labute approximate surface area is 85.7 Å². The third-order valence-corrected chi connectivity index (χ3v) is 3.46. The maximum absolute atomic E-state index is 5.95. The largest absolute Gasteiger partial charge is 0.328 e. The monoisotopic (exact) mass is 190 g/mol. The zero-order valence-corrected chi connectivity index (χ0v) is 8.74. The van der Waals surface area contributed by atoms with E-state index in [9.17, 15) is 0 Å². The molecule has 0 radical (unpaired) electrons. The third-order valence-electron chi connectivity index (χ3n) is 3.46. The molecule has 1 aromatic carbocycles. The Hall–Kier alpha value is -0.860. The molecule has 1 aromatic rings. The smallest absolute Gasteiger partial charge is 0.0581 e. The minimum Gasteiger partial charge on any atom is -0.328 e. The van der Waals surface area contributed by atoms with Crippen LogP contribution in [-0.2, 0) is 5.54 Å². The van der Waals surface area contributed by atoms with Crippen LogP contribution in [0.3, 0.4) is 0 Å². The first-order valence-electron chi connectivity index (χ1n) is 5.26.